The Labute approximate surface area is 139 Å². The Bertz CT molecular complexity index is 757. The predicted octanol–water partition coefficient (Wildman–Crippen LogP) is 2.52. The van der Waals surface area contributed by atoms with Crippen molar-refractivity contribution in [3.63, 3.8) is 0 Å². The van der Waals surface area contributed by atoms with Gasteiger partial charge in [-0.25, -0.2) is 0 Å². The second kappa shape index (κ2) is 6.66. The quantitative estimate of drug-likeness (QED) is 0.493. The fraction of sp³-hybridized carbons (Fsp3) is 0.211. The van der Waals surface area contributed by atoms with Crippen LogP contribution in [0.1, 0.15) is 18.5 Å². The normalized spacial score (nSPS) is 20.3. The highest BCUT2D eigenvalue weighted by molar-refractivity contribution is 6.47. The number of para-hydroxylation sites is 1. The highest BCUT2D eigenvalue weighted by Gasteiger charge is 2.53. The van der Waals surface area contributed by atoms with Crippen LogP contribution >= 0.6 is 0 Å². The molecule has 1 fully saturated rings. The van der Waals surface area contributed by atoms with E-state index in [1.54, 1.807) is 43.3 Å². The zero-order chi connectivity index (χ0) is 17.1. The summed E-state index contributed by atoms with van der Waals surface area (Å²) >= 11 is 0. The lowest BCUT2D eigenvalue weighted by atomic mass is 9.93. The van der Waals surface area contributed by atoms with Gasteiger partial charge in [-0.3, -0.25) is 19.3 Å². The maximum absolute atomic E-state index is 12.6. The van der Waals surface area contributed by atoms with E-state index in [1.807, 2.05) is 24.3 Å². The van der Waals surface area contributed by atoms with E-state index in [2.05, 4.69) is 0 Å². The third kappa shape index (κ3) is 2.69. The lowest BCUT2D eigenvalue weighted by Crippen LogP contribution is -2.31. The van der Waals surface area contributed by atoms with E-state index in [0.29, 0.717) is 5.69 Å². The average Bonchev–Trinajstić information content (AvgIpc) is 2.88. The number of esters is 1. The zero-order valence-corrected chi connectivity index (χ0v) is 13.2. The molecule has 2 unspecified atom stereocenters. The van der Waals surface area contributed by atoms with Crippen LogP contribution < -0.4 is 4.90 Å². The molecule has 2 atom stereocenters. The number of carbonyl (C=O) groups excluding carboxylic acids is 3. The predicted molar refractivity (Wildman–Crippen MR) is 88.2 cm³/mol. The molecule has 0 radical (unpaired) electrons. The van der Waals surface area contributed by atoms with Gasteiger partial charge in [0.1, 0.15) is 5.92 Å². The molecule has 0 bridgehead atoms. The SMILES string of the molecule is CCOC(=O)C1C(=O)C(=O)N(c2ccccc2)C1c1ccccc1. The maximum atomic E-state index is 12.6. The van der Waals surface area contributed by atoms with Crippen LogP contribution in [0, 0.1) is 5.92 Å². The second-order valence-electron chi connectivity index (χ2n) is 5.46. The molecule has 0 aliphatic carbocycles. The molecule has 24 heavy (non-hydrogen) atoms. The minimum Gasteiger partial charge on any atom is -0.465 e. The largest absolute Gasteiger partial charge is 0.465 e. The molecule has 1 saturated heterocycles. The van der Waals surface area contributed by atoms with Gasteiger partial charge >= 0.3 is 5.97 Å². The number of amides is 1. The van der Waals surface area contributed by atoms with Gasteiger partial charge in [0.2, 0.25) is 5.78 Å². The molecule has 1 aliphatic rings. The van der Waals surface area contributed by atoms with Crippen molar-refractivity contribution in [2.24, 2.45) is 5.92 Å². The van der Waals surface area contributed by atoms with E-state index in [1.165, 1.54) is 4.90 Å². The molecule has 2 aromatic carbocycles. The van der Waals surface area contributed by atoms with Crippen LogP contribution in [0.25, 0.3) is 0 Å². The van der Waals surface area contributed by atoms with Gasteiger partial charge in [-0.2, -0.15) is 0 Å². The summed E-state index contributed by atoms with van der Waals surface area (Å²) in [6.07, 6.45) is 0. The number of rotatable bonds is 4. The molecule has 0 N–H and O–H groups in total. The molecule has 0 aromatic heterocycles. The molecule has 1 heterocycles. The van der Waals surface area contributed by atoms with E-state index in [9.17, 15) is 14.4 Å². The Kier molecular flexibility index (Phi) is 4.42. The van der Waals surface area contributed by atoms with Crippen molar-refractivity contribution in [2.45, 2.75) is 13.0 Å². The first-order chi connectivity index (χ1) is 11.6. The fourth-order valence-electron chi connectivity index (χ4n) is 3.00. The Balaban J connectivity index is 2.11. The summed E-state index contributed by atoms with van der Waals surface area (Å²) in [7, 11) is 0. The number of nitrogens with zero attached hydrogens (tertiary/aromatic N) is 1. The second-order valence-corrected chi connectivity index (χ2v) is 5.46. The van der Waals surface area contributed by atoms with Crippen molar-refractivity contribution in [2.75, 3.05) is 11.5 Å². The Morgan fingerprint density at radius 1 is 1.00 bits per heavy atom. The highest BCUT2D eigenvalue weighted by Crippen LogP contribution is 2.40. The topological polar surface area (TPSA) is 63.7 Å². The van der Waals surface area contributed by atoms with Crippen LogP contribution in [0.3, 0.4) is 0 Å². The third-order valence-corrected chi connectivity index (χ3v) is 4.02. The Morgan fingerprint density at radius 3 is 2.17 bits per heavy atom. The van der Waals surface area contributed by atoms with Gasteiger partial charge in [0.25, 0.3) is 5.91 Å². The summed E-state index contributed by atoms with van der Waals surface area (Å²) in [5.41, 5.74) is 1.30. The van der Waals surface area contributed by atoms with Gasteiger partial charge in [0.05, 0.1) is 12.6 Å². The van der Waals surface area contributed by atoms with Crippen LogP contribution in [0.5, 0.6) is 0 Å². The Hall–Kier alpha value is -2.95. The number of carbonyl (C=O) groups is 3. The van der Waals surface area contributed by atoms with Crippen LogP contribution in [0.15, 0.2) is 60.7 Å². The molecular formula is C19H17NO4. The first-order valence-corrected chi connectivity index (χ1v) is 7.79. The van der Waals surface area contributed by atoms with Gasteiger partial charge in [-0.15, -0.1) is 0 Å². The van der Waals surface area contributed by atoms with Gasteiger partial charge in [0, 0.05) is 5.69 Å². The molecule has 1 aliphatic heterocycles. The molecule has 122 valence electrons. The number of hydrogen-bond acceptors (Lipinski definition) is 4. The van der Waals surface area contributed by atoms with Crippen molar-refractivity contribution < 1.29 is 19.1 Å². The number of benzene rings is 2. The molecule has 3 rings (SSSR count). The molecule has 5 heteroatoms. The van der Waals surface area contributed by atoms with Crippen molar-refractivity contribution >= 4 is 23.3 Å². The molecule has 2 aromatic rings. The standard InChI is InChI=1S/C19H17NO4/c1-2-24-19(23)15-16(13-9-5-3-6-10-13)20(18(22)17(15)21)14-11-7-4-8-12-14/h3-12,15-16H,2H2,1H3. The molecule has 0 saturated carbocycles. The first-order valence-electron chi connectivity index (χ1n) is 7.79. The molecule has 1 amide bonds. The van der Waals surface area contributed by atoms with E-state index in [-0.39, 0.29) is 6.61 Å². The minimum absolute atomic E-state index is 0.156. The van der Waals surface area contributed by atoms with E-state index in [4.69, 9.17) is 4.74 Å². The van der Waals surface area contributed by atoms with Gasteiger partial charge in [-0.1, -0.05) is 48.5 Å². The molecule has 5 nitrogen and oxygen atoms in total. The number of ether oxygens (including phenoxy) is 1. The maximum Gasteiger partial charge on any atom is 0.319 e. The van der Waals surface area contributed by atoms with Crippen molar-refractivity contribution in [3.8, 4) is 0 Å². The number of Topliss-reactive ketones (excluding diaryl/α,β-unsaturated/α-hetero) is 1. The summed E-state index contributed by atoms with van der Waals surface area (Å²) in [4.78, 5) is 38.8. The van der Waals surface area contributed by atoms with Crippen LogP contribution in [0.4, 0.5) is 5.69 Å². The lowest BCUT2D eigenvalue weighted by Gasteiger charge is -2.26. The monoisotopic (exact) mass is 323 g/mol. The van der Waals surface area contributed by atoms with Crippen molar-refractivity contribution in [1.82, 2.24) is 0 Å². The van der Waals surface area contributed by atoms with Crippen LogP contribution in [0.2, 0.25) is 0 Å². The van der Waals surface area contributed by atoms with Gasteiger partial charge in [0.15, 0.2) is 0 Å². The van der Waals surface area contributed by atoms with E-state index < -0.39 is 29.6 Å². The third-order valence-electron chi connectivity index (χ3n) is 4.02. The number of ketones is 1. The van der Waals surface area contributed by atoms with Crippen molar-refractivity contribution in [3.05, 3.63) is 66.2 Å². The van der Waals surface area contributed by atoms with Crippen LogP contribution in [-0.2, 0) is 19.1 Å². The van der Waals surface area contributed by atoms with E-state index >= 15 is 0 Å². The Morgan fingerprint density at radius 2 is 1.58 bits per heavy atom. The lowest BCUT2D eigenvalue weighted by molar-refractivity contribution is -0.152. The van der Waals surface area contributed by atoms with Gasteiger partial charge in [-0.05, 0) is 24.6 Å². The van der Waals surface area contributed by atoms with Crippen LogP contribution in [-0.4, -0.2) is 24.3 Å². The number of anilines is 1. The fourth-order valence-corrected chi connectivity index (χ4v) is 3.00. The summed E-state index contributed by atoms with van der Waals surface area (Å²) in [5, 5.41) is 0. The smallest absolute Gasteiger partial charge is 0.319 e. The minimum atomic E-state index is -1.15. The van der Waals surface area contributed by atoms with E-state index in [0.717, 1.165) is 5.56 Å². The molecular weight excluding hydrogens is 306 g/mol. The summed E-state index contributed by atoms with van der Waals surface area (Å²) in [5.74, 6) is -3.23. The summed E-state index contributed by atoms with van der Waals surface area (Å²) in [6.45, 7) is 1.83. The average molecular weight is 323 g/mol. The van der Waals surface area contributed by atoms with Crippen molar-refractivity contribution in [1.29, 1.82) is 0 Å². The highest BCUT2D eigenvalue weighted by atomic mass is 16.5. The van der Waals surface area contributed by atoms with Gasteiger partial charge < -0.3 is 4.74 Å². The molecule has 0 spiro atoms. The number of hydrogen-bond donors (Lipinski definition) is 0. The summed E-state index contributed by atoms with van der Waals surface area (Å²) < 4.78 is 5.04. The first kappa shape index (κ1) is 15.9. The zero-order valence-electron chi connectivity index (χ0n) is 13.2. The summed E-state index contributed by atoms with van der Waals surface area (Å²) in [6, 6.07) is 17.3.